The summed E-state index contributed by atoms with van der Waals surface area (Å²) in [4.78, 5) is 8.69. The van der Waals surface area contributed by atoms with Crippen LogP contribution in [0.25, 0.3) is 0 Å². The van der Waals surface area contributed by atoms with Crippen molar-refractivity contribution in [2.24, 2.45) is 0 Å². The summed E-state index contributed by atoms with van der Waals surface area (Å²) in [5, 5.41) is 10.2. The summed E-state index contributed by atoms with van der Waals surface area (Å²) in [6.45, 7) is 4.17. The minimum Gasteiger partial charge on any atom is -0.388 e. The van der Waals surface area contributed by atoms with Crippen LogP contribution in [0.1, 0.15) is 42.8 Å². The fourth-order valence-electron chi connectivity index (χ4n) is 1.99. The van der Waals surface area contributed by atoms with Gasteiger partial charge in [-0.15, -0.1) is 0 Å². The predicted octanol–water partition coefficient (Wildman–Crippen LogP) is 2.88. The zero-order valence-electron chi connectivity index (χ0n) is 10.7. The Hall–Kier alpha value is -1.74. The monoisotopic (exact) mass is 242 g/mol. The standard InChI is InChI=1S/C15H18N2O/c1-11(2)15-13(16-8-9-17-15)10-14(18)12-6-4-3-5-7-12/h3-9,11,14,18H,10H2,1-2H3/t14-/m1/s1. The van der Waals surface area contributed by atoms with Crippen LogP contribution in [0.4, 0.5) is 0 Å². The van der Waals surface area contributed by atoms with Gasteiger partial charge in [0.2, 0.25) is 0 Å². The van der Waals surface area contributed by atoms with Gasteiger partial charge in [0.25, 0.3) is 0 Å². The van der Waals surface area contributed by atoms with Crippen LogP contribution in [0.5, 0.6) is 0 Å². The van der Waals surface area contributed by atoms with Crippen molar-refractivity contribution in [1.82, 2.24) is 9.97 Å². The molecule has 94 valence electrons. The molecule has 3 nitrogen and oxygen atoms in total. The number of benzene rings is 1. The first-order valence-corrected chi connectivity index (χ1v) is 6.21. The second-order valence-corrected chi connectivity index (χ2v) is 4.67. The van der Waals surface area contributed by atoms with E-state index in [1.54, 1.807) is 12.4 Å². The Morgan fingerprint density at radius 2 is 1.72 bits per heavy atom. The molecule has 1 atom stereocenters. The highest BCUT2D eigenvalue weighted by molar-refractivity contribution is 5.21. The summed E-state index contributed by atoms with van der Waals surface area (Å²) in [7, 11) is 0. The molecule has 18 heavy (non-hydrogen) atoms. The lowest BCUT2D eigenvalue weighted by atomic mass is 10.00. The van der Waals surface area contributed by atoms with Crippen molar-refractivity contribution in [3.8, 4) is 0 Å². The number of nitrogens with zero attached hydrogens (tertiary/aromatic N) is 2. The van der Waals surface area contributed by atoms with Crippen LogP contribution in [0.3, 0.4) is 0 Å². The second kappa shape index (κ2) is 5.74. The zero-order valence-corrected chi connectivity index (χ0v) is 10.7. The Kier molecular flexibility index (Phi) is 4.05. The van der Waals surface area contributed by atoms with Crippen LogP contribution >= 0.6 is 0 Å². The van der Waals surface area contributed by atoms with Crippen molar-refractivity contribution in [2.75, 3.05) is 0 Å². The molecule has 0 fully saturated rings. The molecule has 3 heteroatoms. The Morgan fingerprint density at radius 1 is 1.06 bits per heavy atom. The first-order chi connectivity index (χ1) is 8.68. The van der Waals surface area contributed by atoms with E-state index in [0.29, 0.717) is 12.3 Å². The van der Waals surface area contributed by atoms with Gasteiger partial charge in [0.05, 0.1) is 17.5 Å². The maximum atomic E-state index is 10.2. The van der Waals surface area contributed by atoms with E-state index >= 15 is 0 Å². The van der Waals surface area contributed by atoms with Crippen molar-refractivity contribution >= 4 is 0 Å². The topological polar surface area (TPSA) is 46.0 Å². The fraction of sp³-hybridized carbons (Fsp3) is 0.333. The predicted molar refractivity (Wildman–Crippen MR) is 71.2 cm³/mol. The van der Waals surface area contributed by atoms with E-state index in [2.05, 4.69) is 23.8 Å². The highest BCUT2D eigenvalue weighted by Gasteiger charge is 2.14. The Bertz CT molecular complexity index is 497. The fourth-order valence-corrected chi connectivity index (χ4v) is 1.99. The molecule has 0 radical (unpaired) electrons. The molecule has 0 aliphatic carbocycles. The van der Waals surface area contributed by atoms with E-state index in [1.165, 1.54) is 0 Å². The minimum absolute atomic E-state index is 0.316. The van der Waals surface area contributed by atoms with Crippen molar-refractivity contribution in [3.63, 3.8) is 0 Å². The van der Waals surface area contributed by atoms with Gasteiger partial charge < -0.3 is 5.11 Å². The lowest BCUT2D eigenvalue weighted by Gasteiger charge is -2.14. The quantitative estimate of drug-likeness (QED) is 0.896. The van der Waals surface area contributed by atoms with Gasteiger partial charge in [0, 0.05) is 18.8 Å². The molecular weight excluding hydrogens is 224 g/mol. The van der Waals surface area contributed by atoms with Gasteiger partial charge in [-0.25, -0.2) is 0 Å². The molecule has 0 amide bonds. The lowest BCUT2D eigenvalue weighted by molar-refractivity contribution is 0.176. The zero-order chi connectivity index (χ0) is 13.0. The van der Waals surface area contributed by atoms with Crippen molar-refractivity contribution in [3.05, 3.63) is 59.7 Å². The van der Waals surface area contributed by atoms with Crippen LogP contribution in [0.2, 0.25) is 0 Å². The van der Waals surface area contributed by atoms with Crippen LogP contribution in [0, 0.1) is 0 Å². The van der Waals surface area contributed by atoms with E-state index in [1.807, 2.05) is 30.3 Å². The van der Waals surface area contributed by atoms with Gasteiger partial charge in [-0.2, -0.15) is 0 Å². The third-order valence-electron chi connectivity index (χ3n) is 2.92. The highest BCUT2D eigenvalue weighted by atomic mass is 16.3. The van der Waals surface area contributed by atoms with E-state index < -0.39 is 6.10 Å². The molecule has 0 saturated heterocycles. The molecule has 2 rings (SSSR count). The maximum absolute atomic E-state index is 10.2. The SMILES string of the molecule is CC(C)c1nccnc1C[C@@H](O)c1ccccc1. The van der Waals surface area contributed by atoms with E-state index in [9.17, 15) is 5.11 Å². The lowest BCUT2D eigenvalue weighted by Crippen LogP contribution is -2.08. The summed E-state index contributed by atoms with van der Waals surface area (Å²) in [5.74, 6) is 0.316. The van der Waals surface area contributed by atoms with Gasteiger partial charge in [-0.3, -0.25) is 9.97 Å². The van der Waals surface area contributed by atoms with Crippen molar-refractivity contribution in [2.45, 2.75) is 32.3 Å². The first-order valence-electron chi connectivity index (χ1n) is 6.21. The van der Waals surface area contributed by atoms with Gasteiger partial charge in [-0.05, 0) is 11.5 Å². The molecule has 1 N–H and O–H groups in total. The van der Waals surface area contributed by atoms with Crippen LogP contribution in [0.15, 0.2) is 42.7 Å². The third-order valence-corrected chi connectivity index (χ3v) is 2.92. The number of aliphatic hydroxyl groups excluding tert-OH is 1. The molecule has 0 spiro atoms. The van der Waals surface area contributed by atoms with Gasteiger partial charge in [0.1, 0.15) is 0 Å². The normalized spacial score (nSPS) is 12.7. The molecule has 1 aromatic carbocycles. The van der Waals surface area contributed by atoms with Gasteiger partial charge >= 0.3 is 0 Å². The van der Waals surface area contributed by atoms with E-state index in [4.69, 9.17) is 0 Å². The second-order valence-electron chi connectivity index (χ2n) is 4.67. The Labute approximate surface area is 108 Å². The summed E-state index contributed by atoms with van der Waals surface area (Å²) in [6.07, 6.45) is 3.36. The number of rotatable bonds is 4. The molecule has 0 aliphatic heterocycles. The first kappa shape index (κ1) is 12.7. The number of hydrogen-bond donors (Lipinski definition) is 1. The summed E-state index contributed by atoms with van der Waals surface area (Å²) < 4.78 is 0. The highest BCUT2D eigenvalue weighted by Crippen LogP contribution is 2.21. The largest absolute Gasteiger partial charge is 0.388 e. The molecule has 0 saturated carbocycles. The number of aliphatic hydroxyl groups is 1. The summed E-state index contributed by atoms with van der Waals surface area (Å²) in [6, 6.07) is 9.65. The smallest absolute Gasteiger partial charge is 0.0846 e. The summed E-state index contributed by atoms with van der Waals surface area (Å²) >= 11 is 0. The van der Waals surface area contributed by atoms with Crippen LogP contribution < -0.4 is 0 Å². The van der Waals surface area contributed by atoms with Gasteiger partial charge in [0.15, 0.2) is 0 Å². The summed E-state index contributed by atoms with van der Waals surface area (Å²) in [5.41, 5.74) is 2.76. The third kappa shape index (κ3) is 2.93. The molecule has 0 aliphatic rings. The average Bonchev–Trinajstić information content (AvgIpc) is 2.40. The molecular formula is C15H18N2O. The number of aromatic nitrogens is 2. The van der Waals surface area contributed by atoms with Crippen LogP contribution in [-0.2, 0) is 6.42 Å². The van der Waals surface area contributed by atoms with Crippen molar-refractivity contribution < 1.29 is 5.11 Å². The Morgan fingerprint density at radius 3 is 2.39 bits per heavy atom. The maximum Gasteiger partial charge on any atom is 0.0846 e. The molecule has 1 heterocycles. The molecule has 1 aromatic heterocycles. The van der Waals surface area contributed by atoms with Crippen LogP contribution in [-0.4, -0.2) is 15.1 Å². The Balaban J connectivity index is 2.19. The van der Waals surface area contributed by atoms with E-state index in [-0.39, 0.29) is 0 Å². The van der Waals surface area contributed by atoms with Crippen molar-refractivity contribution in [1.29, 1.82) is 0 Å². The molecule has 0 bridgehead atoms. The minimum atomic E-state index is -0.527. The molecule has 2 aromatic rings. The van der Waals surface area contributed by atoms with Gasteiger partial charge in [-0.1, -0.05) is 44.2 Å². The molecule has 0 unspecified atom stereocenters. The average molecular weight is 242 g/mol. The number of hydrogen-bond acceptors (Lipinski definition) is 3. The van der Waals surface area contributed by atoms with E-state index in [0.717, 1.165) is 17.0 Å².